The van der Waals surface area contributed by atoms with Crippen molar-refractivity contribution in [2.75, 3.05) is 31.6 Å². The molecule has 0 aromatic carbocycles. The summed E-state index contributed by atoms with van der Waals surface area (Å²) < 4.78 is 0. The SMILES string of the molecule is CCN(C(C)=O)c1nc(CNC2CCCN(C)C2)cs1. The van der Waals surface area contributed by atoms with E-state index in [1.807, 2.05) is 12.3 Å². The van der Waals surface area contributed by atoms with Crippen molar-refractivity contribution in [2.24, 2.45) is 0 Å². The van der Waals surface area contributed by atoms with E-state index in [4.69, 9.17) is 0 Å². The molecule has 1 N–H and O–H groups in total. The molecule has 1 aromatic rings. The highest BCUT2D eigenvalue weighted by atomic mass is 32.1. The fraction of sp³-hybridized carbons (Fsp3) is 0.714. The van der Waals surface area contributed by atoms with Crippen LogP contribution in [0.3, 0.4) is 0 Å². The Morgan fingerprint density at radius 2 is 2.45 bits per heavy atom. The molecular weight excluding hydrogens is 272 g/mol. The highest BCUT2D eigenvalue weighted by molar-refractivity contribution is 7.14. The van der Waals surface area contributed by atoms with Crippen LogP contribution >= 0.6 is 11.3 Å². The maximum absolute atomic E-state index is 11.5. The third-order valence-corrected chi connectivity index (χ3v) is 4.58. The monoisotopic (exact) mass is 296 g/mol. The van der Waals surface area contributed by atoms with Gasteiger partial charge in [-0.15, -0.1) is 11.3 Å². The van der Waals surface area contributed by atoms with Gasteiger partial charge in [0.2, 0.25) is 5.91 Å². The van der Waals surface area contributed by atoms with Gasteiger partial charge in [0.15, 0.2) is 5.13 Å². The molecule has 5 nitrogen and oxygen atoms in total. The predicted octanol–water partition coefficient (Wildman–Crippen LogP) is 1.70. The Bertz CT molecular complexity index is 448. The standard InChI is InChI=1S/C14H24N4OS/c1-4-18(11(2)19)14-16-13(10-20-14)8-15-12-6-5-7-17(3)9-12/h10,12,15H,4-9H2,1-3H3. The minimum absolute atomic E-state index is 0.0512. The first kappa shape index (κ1) is 15.4. The topological polar surface area (TPSA) is 48.5 Å². The van der Waals surface area contributed by atoms with E-state index < -0.39 is 0 Å². The first-order valence-corrected chi connectivity index (χ1v) is 8.12. The van der Waals surface area contributed by atoms with E-state index in [9.17, 15) is 4.79 Å². The van der Waals surface area contributed by atoms with Gasteiger partial charge in [-0.2, -0.15) is 0 Å². The number of hydrogen-bond acceptors (Lipinski definition) is 5. The number of carbonyl (C=O) groups is 1. The first-order chi connectivity index (χ1) is 9.60. The van der Waals surface area contributed by atoms with Crippen LogP contribution in [-0.4, -0.2) is 48.5 Å². The minimum atomic E-state index is 0.0512. The highest BCUT2D eigenvalue weighted by Crippen LogP contribution is 2.20. The number of nitrogens with zero attached hydrogens (tertiary/aromatic N) is 3. The Hall–Kier alpha value is -0.980. The van der Waals surface area contributed by atoms with Gasteiger partial charge in [0.25, 0.3) is 0 Å². The van der Waals surface area contributed by atoms with Gasteiger partial charge < -0.3 is 10.2 Å². The second-order valence-corrected chi connectivity index (χ2v) is 6.20. The summed E-state index contributed by atoms with van der Waals surface area (Å²) in [4.78, 5) is 20.1. The van der Waals surface area contributed by atoms with E-state index in [1.165, 1.54) is 19.4 Å². The molecule has 1 aliphatic rings. The van der Waals surface area contributed by atoms with Crippen molar-refractivity contribution in [3.8, 4) is 0 Å². The molecular formula is C14H24N4OS. The number of hydrogen-bond donors (Lipinski definition) is 1. The molecule has 0 bridgehead atoms. The number of piperidine rings is 1. The lowest BCUT2D eigenvalue weighted by atomic mass is 10.1. The number of anilines is 1. The van der Waals surface area contributed by atoms with E-state index in [-0.39, 0.29) is 5.91 Å². The smallest absolute Gasteiger partial charge is 0.225 e. The highest BCUT2D eigenvalue weighted by Gasteiger charge is 2.17. The lowest BCUT2D eigenvalue weighted by Gasteiger charge is -2.30. The molecule has 2 rings (SSSR count). The predicted molar refractivity (Wildman–Crippen MR) is 83.2 cm³/mol. The van der Waals surface area contributed by atoms with Gasteiger partial charge in [0.05, 0.1) is 5.69 Å². The van der Waals surface area contributed by atoms with Crippen LogP contribution in [0.4, 0.5) is 5.13 Å². The number of carbonyl (C=O) groups excluding carboxylic acids is 1. The number of nitrogens with one attached hydrogen (secondary N) is 1. The second-order valence-electron chi connectivity index (χ2n) is 5.37. The Labute approximate surface area is 125 Å². The zero-order valence-electron chi connectivity index (χ0n) is 12.6. The maximum Gasteiger partial charge on any atom is 0.225 e. The van der Waals surface area contributed by atoms with E-state index in [0.29, 0.717) is 12.6 Å². The number of aromatic nitrogens is 1. The molecule has 1 amide bonds. The molecule has 1 atom stereocenters. The molecule has 112 valence electrons. The van der Waals surface area contributed by atoms with Crippen LogP contribution < -0.4 is 10.2 Å². The van der Waals surface area contributed by atoms with Crippen LogP contribution in [0.1, 0.15) is 32.4 Å². The van der Waals surface area contributed by atoms with Crippen LogP contribution in [0.5, 0.6) is 0 Å². The van der Waals surface area contributed by atoms with E-state index in [0.717, 1.165) is 23.9 Å². The Morgan fingerprint density at radius 3 is 3.10 bits per heavy atom. The zero-order valence-corrected chi connectivity index (χ0v) is 13.4. The molecule has 1 unspecified atom stereocenters. The molecule has 6 heteroatoms. The molecule has 0 saturated carbocycles. The Balaban J connectivity index is 1.88. The fourth-order valence-corrected chi connectivity index (χ4v) is 3.51. The van der Waals surface area contributed by atoms with Gasteiger partial charge in [-0.3, -0.25) is 9.69 Å². The van der Waals surface area contributed by atoms with Crippen molar-refractivity contribution in [3.05, 3.63) is 11.1 Å². The molecule has 20 heavy (non-hydrogen) atoms. The van der Waals surface area contributed by atoms with Crippen LogP contribution in [0.15, 0.2) is 5.38 Å². The number of amides is 1. The van der Waals surface area contributed by atoms with E-state index in [1.54, 1.807) is 23.2 Å². The van der Waals surface area contributed by atoms with E-state index in [2.05, 4.69) is 22.2 Å². The maximum atomic E-state index is 11.5. The Morgan fingerprint density at radius 1 is 1.65 bits per heavy atom. The van der Waals surface area contributed by atoms with Gasteiger partial charge in [-0.1, -0.05) is 0 Å². The van der Waals surface area contributed by atoms with Crippen LogP contribution in [0.2, 0.25) is 0 Å². The lowest BCUT2D eigenvalue weighted by Crippen LogP contribution is -2.43. The first-order valence-electron chi connectivity index (χ1n) is 7.24. The van der Waals surface area contributed by atoms with Crippen molar-refractivity contribution in [3.63, 3.8) is 0 Å². The zero-order chi connectivity index (χ0) is 14.5. The normalized spacial score (nSPS) is 20.1. The summed E-state index contributed by atoms with van der Waals surface area (Å²) in [6.45, 7) is 7.31. The average Bonchev–Trinajstić information content (AvgIpc) is 2.85. The molecule has 2 heterocycles. The number of likely N-dealkylation sites (tertiary alicyclic amines) is 1. The van der Waals surface area contributed by atoms with Crippen molar-refractivity contribution < 1.29 is 4.79 Å². The summed E-state index contributed by atoms with van der Waals surface area (Å²) in [5.74, 6) is 0.0512. The lowest BCUT2D eigenvalue weighted by molar-refractivity contribution is -0.116. The number of likely N-dealkylation sites (N-methyl/N-ethyl adjacent to an activating group) is 1. The minimum Gasteiger partial charge on any atom is -0.307 e. The largest absolute Gasteiger partial charge is 0.307 e. The summed E-state index contributed by atoms with van der Waals surface area (Å²) >= 11 is 1.54. The molecule has 0 aliphatic carbocycles. The number of thiazole rings is 1. The van der Waals surface area contributed by atoms with E-state index >= 15 is 0 Å². The molecule has 1 saturated heterocycles. The van der Waals surface area contributed by atoms with Gasteiger partial charge in [0.1, 0.15) is 0 Å². The van der Waals surface area contributed by atoms with Crippen molar-refractivity contribution in [1.82, 2.24) is 15.2 Å². The molecule has 1 aliphatic heterocycles. The third-order valence-electron chi connectivity index (χ3n) is 3.66. The van der Waals surface area contributed by atoms with Crippen molar-refractivity contribution >= 4 is 22.4 Å². The van der Waals surface area contributed by atoms with Gasteiger partial charge in [-0.25, -0.2) is 4.98 Å². The van der Waals surface area contributed by atoms with Gasteiger partial charge in [0, 0.05) is 38.0 Å². The second kappa shape index (κ2) is 7.15. The third kappa shape index (κ3) is 4.01. The van der Waals surface area contributed by atoms with Crippen LogP contribution in [-0.2, 0) is 11.3 Å². The molecule has 0 spiro atoms. The van der Waals surface area contributed by atoms with Crippen LogP contribution in [0.25, 0.3) is 0 Å². The van der Waals surface area contributed by atoms with Gasteiger partial charge >= 0.3 is 0 Å². The van der Waals surface area contributed by atoms with Crippen LogP contribution in [0, 0.1) is 0 Å². The van der Waals surface area contributed by atoms with Gasteiger partial charge in [-0.05, 0) is 33.4 Å². The quantitative estimate of drug-likeness (QED) is 0.898. The molecule has 1 aromatic heterocycles. The summed E-state index contributed by atoms with van der Waals surface area (Å²) in [5, 5.41) is 6.41. The molecule has 0 radical (unpaired) electrons. The Kier molecular flexibility index (Phi) is 5.51. The summed E-state index contributed by atoms with van der Waals surface area (Å²) in [6, 6.07) is 0.550. The van der Waals surface area contributed by atoms with Crippen molar-refractivity contribution in [2.45, 2.75) is 39.3 Å². The number of rotatable bonds is 5. The average molecular weight is 296 g/mol. The summed E-state index contributed by atoms with van der Waals surface area (Å²) in [5.41, 5.74) is 1.03. The summed E-state index contributed by atoms with van der Waals surface area (Å²) in [7, 11) is 2.17. The van der Waals surface area contributed by atoms with Crippen molar-refractivity contribution in [1.29, 1.82) is 0 Å². The summed E-state index contributed by atoms with van der Waals surface area (Å²) in [6.07, 6.45) is 2.49. The fourth-order valence-electron chi connectivity index (χ4n) is 2.58. The molecule has 1 fully saturated rings.